The summed E-state index contributed by atoms with van der Waals surface area (Å²) in [5, 5.41) is 1.25. The number of alkyl halides is 6. The number of anilines is 2. The lowest BCUT2D eigenvalue weighted by Crippen LogP contribution is -2.41. The molecule has 0 fully saturated rings. The van der Waals surface area contributed by atoms with Crippen LogP contribution in [-0.2, 0) is 6.18 Å². The number of nitrogens with two attached hydrogens (primary N) is 1. The van der Waals surface area contributed by atoms with Gasteiger partial charge in [0.1, 0.15) is 11.6 Å². The first-order valence-corrected chi connectivity index (χ1v) is 13.4. The average molecular weight is 612 g/mol. The maximum absolute atomic E-state index is 14.1. The van der Waals surface area contributed by atoms with Crippen molar-refractivity contribution < 1.29 is 31.1 Å². The minimum atomic E-state index is -4.90. The van der Waals surface area contributed by atoms with Gasteiger partial charge in [0, 0.05) is 28.4 Å². The van der Waals surface area contributed by atoms with Crippen LogP contribution in [0.15, 0.2) is 77.8 Å². The lowest BCUT2D eigenvalue weighted by atomic mass is 10.0. The summed E-state index contributed by atoms with van der Waals surface area (Å²) >= 11 is 8.23. The van der Waals surface area contributed by atoms with Crippen molar-refractivity contribution in [3.63, 3.8) is 0 Å². The number of benzene rings is 3. The molecule has 41 heavy (non-hydrogen) atoms. The number of hydrogen-bond donors (Lipinski definition) is 1. The van der Waals surface area contributed by atoms with Crippen molar-refractivity contribution in [1.82, 2.24) is 9.55 Å². The Balaban J connectivity index is 1.71. The van der Waals surface area contributed by atoms with E-state index in [2.05, 4.69) is 9.72 Å². The first-order chi connectivity index (χ1) is 19.3. The van der Waals surface area contributed by atoms with Gasteiger partial charge in [0.25, 0.3) is 0 Å². The third kappa shape index (κ3) is 5.38. The fourth-order valence-electron chi connectivity index (χ4n) is 4.56. The van der Waals surface area contributed by atoms with Crippen LogP contribution in [0.2, 0.25) is 0 Å². The van der Waals surface area contributed by atoms with Crippen LogP contribution in [0.3, 0.4) is 0 Å². The van der Waals surface area contributed by atoms with E-state index in [1.165, 1.54) is 28.6 Å². The van der Waals surface area contributed by atoms with E-state index in [4.69, 9.17) is 17.5 Å². The fourth-order valence-corrected chi connectivity index (χ4v) is 5.34. The van der Waals surface area contributed by atoms with Gasteiger partial charge in [-0.25, -0.2) is 9.99 Å². The summed E-state index contributed by atoms with van der Waals surface area (Å²) in [5.41, 5.74) is 7.37. The quantitative estimate of drug-likeness (QED) is 0.140. The standard InChI is InChI=1S/C27H20ClF6N5OS/c1-15-36-24(26(29,30)31)25-37(15)21-11-8-18(17-4-3-5-20(12-17)41-2)13-22(21)38(39(25)28)23(14-35)16-6-9-19(10-7-16)40-27(32,33)34/h3-14H,35H2,1-2H3/b23-14-. The molecule has 5 rings (SSSR count). The first kappa shape index (κ1) is 28.6. The van der Waals surface area contributed by atoms with E-state index in [9.17, 15) is 26.3 Å². The number of aromatic nitrogens is 2. The monoisotopic (exact) mass is 611 g/mol. The molecule has 14 heteroatoms. The van der Waals surface area contributed by atoms with Crippen LogP contribution in [0.5, 0.6) is 5.75 Å². The maximum Gasteiger partial charge on any atom is 0.573 e. The minimum absolute atomic E-state index is 0.0444. The molecule has 2 N–H and O–H groups in total. The van der Waals surface area contributed by atoms with Crippen molar-refractivity contribution in [3.8, 4) is 22.6 Å². The van der Waals surface area contributed by atoms with Crippen molar-refractivity contribution in [2.75, 3.05) is 15.8 Å². The van der Waals surface area contributed by atoms with Gasteiger partial charge in [0.05, 0.1) is 17.1 Å². The van der Waals surface area contributed by atoms with Gasteiger partial charge in [-0.3, -0.25) is 4.57 Å². The third-order valence-electron chi connectivity index (χ3n) is 6.26. The highest BCUT2D eigenvalue weighted by Gasteiger charge is 2.45. The Morgan fingerprint density at radius 3 is 2.24 bits per heavy atom. The largest absolute Gasteiger partial charge is 0.573 e. The van der Waals surface area contributed by atoms with Crippen molar-refractivity contribution in [3.05, 3.63) is 90.0 Å². The highest BCUT2D eigenvalue weighted by Crippen LogP contribution is 2.48. The first-order valence-electron chi connectivity index (χ1n) is 11.8. The Morgan fingerprint density at radius 2 is 1.63 bits per heavy atom. The zero-order valence-corrected chi connectivity index (χ0v) is 22.8. The summed E-state index contributed by atoms with van der Waals surface area (Å²) in [6.45, 7) is 1.43. The molecule has 0 unspecified atom stereocenters. The molecule has 0 atom stereocenters. The highest BCUT2D eigenvalue weighted by atomic mass is 35.5. The van der Waals surface area contributed by atoms with E-state index in [1.54, 1.807) is 30.0 Å². The van der Waals surface area contributed by atoms with E-state index in [1.807, 2.05) is 30.5 Å². The second-order valence-electron chi connectivity index (χ2n) is 8.80. The zero-order valence-electron chi connectivity index (χ0n) is 21.3. The molecule has 214 valence electrons. The van der Waals surface area contributed by atoms with Crippen LogP contribution >= 0.6 is 23.5 Å². The van der Waals surface area contributed by atoms with E-state index in [0.29, 0.717) is 11.4 Å². The summed E-state index contributed by atoms with van der Waals surface area (Å²) in [6, 6.07) is 17.6. The lowest BCUT2D eigenvalue weighted by molar-refractivity contribution is -0.274. The number of nitrogens with zero attached hydrogens (tertiary/aromatic N) is 4. The molecule has 1 aliphatic rings. The highest BCUT2D eigenvalue weighted by molar-refractivity contribution is 7.98. The predicted molar refractivity (Wildman–Crippen MR) is 147 cm³/mol. The summed E-state index contributed by atoms with van der Waals surface area (Å²) in [6.07, 6.45) is -6.71. The van der Waals surface area contributed by atoms with E-state index in [0.717, 1.165) is 38.9 Å². The Hall–Kier alpha value is -3.97. The number of thioether (sulfide) groups is 1. The van der Waals surface area contributed by atoms with Crippen LogP contribution in [0.25, 0.3) is 22.5 Å². The van der Waals surface area contributed by atoms with Gasteiger partial charge in [-0.2, -0.15) is 17.7 Å². The number of imidazole rings is 1. The number of fused-ring (bicyclic) bond motifs is 3. The summed E-state index contributed by atoms with van der Waals surface area (Å²) < 4.78 is 86.3. The molecule has 4 aromatic rings. The molecule has 6 nitrogen and oxygen atoms in total. The van der Waals surface area contributed by atoms with Crippen LogP contribution in [0.1, 0.15) is 17.1 Å². The third-order valence-corrected chi connectivity index (χ3v) is 7.29. The molecule has 1 aliphatic heterocycles. The predicted octanol–water partition coefficient (Wildman–Crippen LogP) is 8.14. The second-order valence-corrected chi connectivity index (χ2v) is 10.00. The molecule has 0 radical (unpaired) electrons. The summed E-state index contributed by atoms with van der Waals surface area (Å²) in [4.78, 5) is 4.76. The topological polar surface area (TPSA) is 59.5 Å². The Kier molecular flexibility index (Phi) is 7.28. The molecule has 0 saturated carbocycles. The van der Waals surface area contributed by atoms with Crippen molar-refractivity contribution in [2.24, 2.45) is 5.73 Å². The van der Waals surface area contributed by atoms with Gasteiger partial charge in [-0.15, -0.1) is 24.9 Å². The van der Waals surface area contributed by atoms with Gasteiger partial charge in [0.15, 0.2) is 11.5 Å². The summed E-state index contributed by atoms with van der Waals surface area (Å²) in [7, 11) is 0. The van der Waals surface area contributed by atoms with Gasteiger partial charge in [-0.05, 0) is 72.8 Å². The molecular formula is C27H20ClF6N5OS. The van der Waals surface area contributed by atoms with Crippen molar-refractivity contribution in [2.45, 2.75) is 24.4 Å². The van der Waals surface area contributed by atoms with Crippen molar-refractivity contribution in [1.29, 1.82) is 0 Å². The molecule has 0 saturated heterocycles. The molecule has 1 aromatic heterocycles. The van der Waals surface area contributed by atoms with Crippen LogP contribution in [-0.4, -0.2) is 22.2 Å². The van der Waals surface area contributed by atoms with E-state index in [-0.39, 0.29) is 17.1 Å². The van der Waals surface area contributed by atoms with Crippen LogP contribution in [0, 0.1) is 6.92 Å². The number of halogens is 7. The number of aryl methyl sites for hydroxylation is 1. The van der Waals surface area contributed by atoms with Gasteiger partial charge in [-0.1, -0.05) is 18.2 Å². The van der Waals surface area contributed by atoms with Crippen LogP contribution < -0.4 is 20.0 Å². The Morgan fingerprint density at radius 1 is 0.951 bits per heavy atom. The smallest absolute Gasteiger partial charge is 0.406 e. The summed E-state index contributed by atoms with van der Waals surface area (Å²) in [5.74, 6) is -0.913. The molecular weight excluding hydrogens is 592 g/mol. The van der Waals surface area contributed by atoms with Crippen molar-refractivity contribution >= 4 is 40.7 Å². The van der Waals surface area contributed by atoms with Crippen LogP contribution in [0.4, 0.5) is 37.8 Å². The molecule has 0 bridgehead atoms. The minimum Gasteiger partial charge on any atom is -0.406 e. The SMILES string of the molecule is CSc1cccc(-c2ccc3c(c2)N(/C(=C\N)c2ccc(OC(F)(F)F)cc2)N(Cl)c2c(C(F)(F)F)nc(C)n2-3)c1. The molecule has 0 aliphatic carbocycles. The molecule has 0 spiro atoms. The zero-order chi connectivity index (χ0) is 29.7. The van der Waals surface area contributed by atoms with E-state index >= 15 is 0 Å². The lowest BCUT2D eigenvalue weighted by Gasteiger charge is -2.40. The average Bonchev–Trinajstić information content (AvgIpc) is 3.29. The number of rotatable bonds is 5. The maximum atomic E-state index is 14.1. The van der Waals surface area contributed by atoms with Gasteiger partial charge < -0.3 is 10.5 Å². The molecule has 0 amide bonds. The number of hydrazine groups is 1. The Bertz CT molecular complexity index is 1630. The Labute approximate surface area is 239 Å². The molecule has 2 heterocycles. The fraction of sp³-hybridized carbons (Fsp3) is 0.148. The van der Waals surface area contributed by atoms with E-state index < -0.39 is 29.8 Å². The number of ether oxygens (including phenoxy) is 1. The second kappa shape index (κ2) is 10.5. The van der Waals surface area contributed by atoms with Gasteiger partial charge >= 0.3 is 12.5 Å². The normalized spacial score (nSPS) is 13.7. The van der Waals surface area contributed by atoms with Gasteiger partial charge in [0.2, 0.25) is 0 Å². The number of hydrogen-bond acceptors (Lipinski definition) is 6. The molecule has 3 aromatic carbocycles.